The van der Waals surface area contributed by atoms with Crippen molar-refractivity contribution in [1.82, 2.24) is 4.90 Å². The number of likely N-dealkylation sites (tertiary alicyclic amines) is 1. The van der Waals surface area contributed by atoms with Crippen molar-refractivity contribution in [3.8, 4) is 0 Å². The van der Waals surface area contributed by atoms with Crippen LogP contribution >= 0.6 is 0 Å². The quantitative estimate of drug-likeness (QED) is 0.753. The number of hydrogen-bond donors (Lipinski definition) is 1. The van der Waals surface area contributed by atoms with Crippen LogP contribution < -0.4 is 0 Å². The monoisotopic (exact) mass is 209 g/mol. The SMILES string of the molecule is O=C(O)C1CCCN(C2CC3(CC3)C2)C1. The molecule has 1 unspecified atom stereocenters. The molecule has 1 spiro atoms. The maximum atomic E-state index is 10.9. The Morgan fingerprint density at radius 3 is 2.67 bits per heavy atom. The second kappa shape index (κ2) is 3.21. The lowest BCUT2D eigenvalue weighted by atomic mass is 9.75. The van der Waals surface area contributed by atoms with E-state index in [0.29, 0.717) is 0 Å². The summed E-state index contributed by atoms with van der Waals surface area (Å²) >= 11 is 0. The van der Waals surface area contributed by atoms with Crippen LogP contribution in [0.25, 0.3) is 0 Å². The van der Waals surface area contributed by atoms with Crippen molar-refractivity contribution in [1.29, 1.82) is 0 Å². The van der Waals surface area contributed by atoms with Crippen molar-refractivity contribution in [2.75, 3.05) is 13.1 Å². The molecule has 84 valence electrons. The van der Waals surface area contributed by atoms with Crippen LogP contribution in [0.3, 0.4) is 0 Å². The smallest absolute Gasteiger partial charge is 0.307 e. The van der Waals surface area contributed by atoms with Crippen LogP contribution in [-0.2, 0) is 4.79 Å². The van der Waals surface area contributed by atoms with Crippen LogP contribution in [0.4, 0.5) is 0 Å². The highest BCUT2D eigenvalue weighted by Crippen LogP contribution is 2.62. The minimum Gasteiger partial charge on any atom is -0.481 e. The lowest BCUT2D eigenvalue weighted by Crippen LogP contribution is -2.50. The van der Waals surface area contributed by atoms with Gasteiger partial charge in [-0.25, -0.2) is 0 Å². The zero-order chi connectivity index (χ0) is 10.5. The van der Waals surface area contributed by atoms with E-state index in [1.807, 2.05) is 0 Å². The molecule has 3 heteroatoms. The average Bonchev–Trinajstić information content (AvgIpc) is 2.95. The van der Waals surface area contributed by atoms with Gasteiger partial charge in [-0.15, -0.1) is 0 Å². The number of aliphatic carboxylic acids is 1. The molecule has 15 heavy (non-hydrogen) atoms. The summed E-state index contributed by atoms with van der Waals surface area (Å²) in [5.41, 5.74) is 0.737. The van der Waals surface area contributed by atoms with E-state index in [2.05, 4.69) is 4.90 Å². The third-order valence-corrected chi connectivity index (χ3v) is 4.61. The lowest BCUT2D eigenvalue weighted by molar-refractivity contribution is -0.144. The molecule has 3 fully saturated rings. The first-order valence-corrected chi connectivity index (χ1v) is 6.15. The van der Waals surface area contributed by atoms with Gasteiger partial charge in [0, 0.05) is 12.6 Å². The van der Waals surface area contributed by atoms with Gasteiger partial charge in [0.1, 0.15) is 0 Å². The summed E-state index contributed by atoms with van der Waals surface area (Å²) in [6, 6.07) is 0.717. The van der Waals surface area contributed by atoms with E-state index in [1.54, 1.807) is 0 Å². The molecule has 1 N–H and O–H groups in total. The zero-order valence-electron chi connectivity index (χ0n) is 9.11. The van der Waals surface area contributed by atoms with Gasteiger partial charge in [0.05, 0.1) is 5.92 Å². The van der Waals surface area contributed by atoms with E-state index in [-0.39, 0.29) is 5.92 Å². The van der Waals surface area contributed by atoms with E-state index in [9.17, 15) is 4.79 Å². The highest BCUT2D eigenvalue weighted by Gasteiger charge is 2.54. The summed E-state index contributed by atoms with van der Waals surface area (Å²) in [6.45, 7) is 1.93. The van der Waals surface area contributed by atoms with Crippen LogP contribution in [0, 0.1) is 11.3 Å². The third-order valence-electron chi connectivity index (χ3n) is 4.61. The molecule has 3 nitrogen and oxygen atoms in total. The molecule has 3 rings (SSSR count). The first-order valence-electron chi connectivity index (χ1n) is 6.15. The molecule has 0 aromatic heterocycles. The lowest BCUT2D eigenvalue weighted by Gasteiger charge is -2.46. The predicted octanol–water partition coefficient (Wildman–Crippen LogP) is 1.73. The molecule has 0 bridgehead atoms. The summed E-state index contributed by atoms with van der Waals surface area (Å²) in [4.78, 5) is 13.4. The van der Waals surface area contributed by atoms with Gasteiger partial charge < -0.3 is 5.11 Å². The molecular weight excluding hydrogens is 190 g/mol. The van der Waals surface area contributed by atoms with Crippen molar-refractivity contribution >= 4 is 5.97 Å². The highest BCUT2D eigenvalue weighted by molar-refractivity contribution is 5.70. The Morgan fingerprint density at radius 2 is 2.07 bits per heavy atom. The first kappa shape index (κ1) is 9.64. The maximum absolute atomic E-state index is 10.9. The number of nitrogens with zero attached hydrogens (tertiary/aromatic N) is 1. The Labute approximate surface area is 90.5 Å². The van der Waals surface area contributed by atoms with Crippen molar-refractivity contribution in [3.63, 3.8) is 0 Å². The van der Waals surface area contributed by atoms with E-state index in [1.165, 1.54) is 25.7 Å². The predicted molar refractivity (Wildman–Crippen MR) is 56.6 cm³/mol. The Bertz CT molecular complexity index is 277. The van der Waals surface area contributed by atoms with Gasteiger partial charge in [-0.1, -0.05) is 0 Å². The number of carboxylic acid groups (broad SMARTS) is 1. The standard InChI is InChI=1S/C12H19NO2/c14-11(15)9-2-1-5-13(8-9)10-6-12(7-10)3-4-12/h9-10H,1-8H2,(H,14,15). The average molecular weight is 209 g/mol. The Morgan fingerprint density at radius 1 is 1.33 bits per heavy atom. The van der Waals surface area contributed by atoms with Crippen molar-refractivity contribution in [2.24, 2.45) is 11.3 Å². The van der Waals surface area contributed by atoms with Crippen LogP contribution in [0.1, 0.15) is 38.5 Å². The second-order valence-corrected chi connectivity index (χ2v) is 5.73. The molecule has 0 radical (unpaired) electrons. The highest BCUT2D eigenvalue weighted by atomic mass is 16.4. The summed E-state index contributed by atoms with van der Waals surface area (Å²) < 4.78 is 0. The molecule has 0 aromatic rings. The topological polar surface area (TPSA) is 40.5 Å². The largest absolute Gasteiger partial charge is 0.481 e. The minimum absolute atomic E-state index is 0.102. The van der Waals surface area contributed by atoms with E-state index < -0.39 is 5.97 Å². The van der Waals surface area contributed by atoms with E-state index in [0.717, 1.165) is 37.4 Å². The van der Waals surface area contributed by atoms with Gasteiger partial charge in [-0.2, -0.15) is 0 Å². The number of carboxylic acids is 1. The van der Waals surface area contributed by atoms with Gasteiger partial charge in [0.15, 0.2) is 0 Å². The van der Waals surface area contributed by atoms with Crippen molar-refractivity contribution < 1.29 is 9.90 Å². The van der Waals surface area contributed by atoms with Crippen LogP contribution in [-0.4, -0.2) is 35.1 Å². The van der Waals surface area contributed by atoms with E-state index in [4.69, 9.17) is 5.11 Å². The molecule has 2 saturated carbocycles. The fraction of sp³-hybridized carbons (Fsp3) is 0.917. The molecule has 0 aromatic carbocycles. The summed E-state index contributed by atoms with van der Waals surface area (Å²) in [7, 11) is 0. The molecule has 0 amide bonds. The first-order chi connectivity index (χ1) is 7.19. The summed E-state index contributed by atoms with van der Waals surface area (Å²) in [6.07, 6.45) is 7.50. The molecular formula is C12H19NO2. The normalized spacial score (nSPS) is 35.1. The van der Waals surface area contributed by atoms with Crippen LogP contribution in [0.15, 0.2) is 0 Å². The third kappa shape index (κ3) is 1.67. The van der Waals surface area contributed by atoms with Crippen molar-refractivity contribution in [3.05, 3.63) is 0 Å². The van der Waals surface area contributed by atoms with Gasteiger partial charge >= 0.3 is 5.97 Å². The van der Waals surface area contributed by atoms with Crippen molar-refractivity contribution in [2.45, 2.75) is 44.6 Å². The minimum atomic E-state index is -0.597. The fourth-order valence-electron chi connectivity index (χ4n) is 3.32. The Kier molecular flexibility index (Phi) is 2.06. The Balaban J connectivity index is 1.55. The molecule has 2 aliphatic carbocycles. The number of piperidine rings is 1. The van der Waals surface area contributed by atoms with E-state index >= 15 is 0 Å². The second-order valence-electron chi connectivity index (χ2n) is 5.73. The van der Waals surface area contributed by atoms with Gasteiger partial charge in [-0.3, -0.25) is 9.69 Å². The van der Waals surface area contributed by atoms with Gasteiger partial charge in [0.25, 0.3) is 0 Å². The number of rotatable bonds is 2. The molecule has 3 aliphatic rings. The van der Waals surface area contributed by atoms with Crippen LogP contribution in [0.5, 0.6) is 0 Å². The molecule has 1 aliphatic heterocycles. The summed E-state index contributed by atoms with van der Waals surface area (Å²) in [5, 5.41) is 9.02. The Hall–Kier alpha value is -0.570. The van der Waals surface area contributed by atoms with Crippen LogP contribution in [0.2, 0.25) is 0 Å². The zero-order valence-corrected chi connectivity index (χ0v) is 9.11. The molecule has 1 atom stereocenters. The number of hydrogen-bond acceptors (Lipinski definition) is 2. The molecule has 1 saturated heterocycles. The maximum Gasteiger partial charge on any atom is 0.307 e. The van der Waals surface area contributed by atoms with Gasteiger partial charge in [0.2, 0.25) is 0 Å². The number of carbonyl (C=O) groups is 1. The fourth-order valence-corrected chi connectivity index (χ4v) is 3.32. The summed E-state index contributed by atoms with van der Waals surface area (Å²) in [5.74, 6) is -0.699. The molecule has 1 heterocycles. The van der Waals surface area contributed by atoms with Gasteiger partial charge in [-0.05, 0) is 50.5 Å².